The third kappa shape index (κ3) is 3.67. The highest BCUT2D eigenvalue weighted by molar-refractivity contribution is 8.00. The second-order valence-electron chi connectivity index (χ2n) is 5.56. The molecule has 0 spiro atoms. The molecule has 0 aliphatic carbocycles. The first-order valence-corrected chi connectivity index (χ1v) is 10.3. The molecule has 1 aromatic heterocycles. The number of amides is 1. The second-order valence-corrected chi connectivity index (χ2v) is 8.46. The average molecular weight is 419 g/mol. The molecule has 7 heteroatoms. The van der Waals surface area contributed by atoms with Crippen molar-refractivity contribution in [2.75, 3.05) is 11.1 Å². The summed E-state index contributed by atoms with van der Waals surface area (Å²) in [5.41, 5.74) is 0.911. The Morgan fingerprint density at radius 3 is 2.85 bits per heavy atom. The van der Waals surface area contributed by atoms with E-state index in [2.05, 4.69) is 22.4 Å². The van der Waals surface area contributed by atoms with E-state index in [0.29, 0.717) is 15.2 Å². The lowest BCUT2D eigenvalue weighted by molar-refractivity contribution is -0.113. The summed E-state index contributed by atoms with van der Waals surface area (Å²) >= 11 is 14.9. The fourth-order valence-corrected chi connectivity index (χ4v) is 4.79. The lowest BCUT2D eigenvalue weighted by Gasteiger charge is -2.04. The molecular weight excluding hydrogens is 407 g/mol. The van der Waals surface area contributed by atoms with Gasteiger partial charge in [0.2, 0.25) is 5.91 Å². The lowest BCUT2D eigenvalue weighted by Crippen LogP contribution is -2.13. The molecular formula is C19H12Cl2N2OS2. The largest absolute Gasteiger partial charge is 0.301 e. The zero-order valence-corrected chi connectivity index (χ0v) is 16.5. The van der Waals surface area contributed by atoms with Crippen molar-refractivity contribution < 1.29 is 4.79 Å². The van der Waals surface area contributed by atoms with E-state index < -0.39 is 0 Å². The predicted molar refractivity (Wildman–Crippen MR) is 113 cm³/mol. The van der Waals surface area contributed by atoms with Gasteiger partial charge in [-0.1, -0.05) is 64.9 Å². The van der Waals surface area contributed by atoms with Gasteiger partial charge < -0.3 is 5.32 Å². The van der Waals surface area contributed by atoms with E-state index in [1.165, 1.54) is 23.1 Å². The van der Waals surface area contributed by atoms with E-state index in [0.717, 1.165) is 25.9 Å². The van der Waals surface area contributed by atoms with Crippen LogP contribution in [0.25, 0.3) is 21.0 Å². The highest BCUT2D eigenvalue weighted by Crippen LogP contribution is 2.33. The van der Waals surface area contributed by atoms with Crippen LogP contribution >= 0.6 is 46.3 Å². The number of benzene rings is 3. The van der Waals surface area contributed by atoms with Crippen molar-refractivity contribution in [2.24, 2.45) is 0 Å². The molecule has 1 heterocycles. The van der Waals surface area contributed by atoms with E-state index in [4.69, 9.17) is 23.2 Å². The minimum atomic E-state index is -0.130. The number of halogens is 2. The number of hydrogen-bond donors (Lipinski definition) is 1. The molecule has 3 nitrogen and oxygen atoms in total. The molecule has 0 radical (unpaired) electrons. The summed E-state index contributed by atoms with van der Waals surface area (Å²) in [6.07, 6.45) is 0. The summed E-state index contributed by atoms with van der Waals surface area (Å²) in [4.78, 5) is 17.7. The molecule has 4 rings (SSSR count). The van der Waals surface area contributed by atoms with E-state index in [1.807, 2.05) is 24.3 Å². The van der Waals surface area contributed by atoms with Crippen LogP contribution in [0.15, 0.2) is 59.5 Å². The van der Waals surface area contributed by atoms with Crippen LogP contribution in [0.4, 0.5) is 5.13 Å². The van der Waals surface area contributed by atoms with Crippen molar-refractivity contribution >= 4 is 78.3 Å². The molecule has 0 saturated heterocycles. The summed E-state index contributed by atoms with van der Waals surface area (Å²) in [6, 6.07) is 17.4. The van der Waals surface area contributed by atoms with Crippen molar-refractivity contribution in [3.8, 4) is 0 Å². The first-order chi connectivity index (χ1) is 12.6. The topological polar surface area (TPSA) is 42.0 Å². The number of carbonyl (C=O) groups is 1. The maximum absolute atomic E-state index is 12.3. The van der Waals surface area contributed by atoms with Crippen LogP contribution in [0, 0.1) is 0 Å². The number of nitrogens with zero attached hydrogens (tertiary/aromatic N) is 1. The smallest absolute Gasteiger partial charge is 0.236 e. The fourth-order valence-electron chi connectivity index (χ4n) is 2.60. The van der Waals surface area contributed by atoms with Gasteiger partial charge in [-0.15, -0.1) is 11.8 Å². The Morgan fingerprint density at radius 2 is 1.96 bits per heavy atom. The summed E-state index contributed by atoms with van der Waals surface area (Å²) in [6.45, 7) is 0. The van der Waals surface area contributed by atoms with Gasteiger partial charge in [-0.25, -0.2) is 4.98 Å². The van der Waals surface area contributed by atoms with Crippen LogP contribution in [0.5, 0.6) is 0 Å². The number of hydrogen-bond acceptors (Lipinski definition) is 4. The molecule has 3 aromatic carbocycles. The Bertz CT molecular complexity index is 1130. The highest BCUT2D eigenvalue weighted by Gasteiger charge is 2.11. The van der Waals surface area contributed by atoms with Crippen LogP contribution in [0.2, 0.25) is 10.0 Å². The predicted octanol–water partition coefficient (Wildman–Crippen LogP) is 6.49. The van der Waals surface area contributed by atoms with E-state index in [9.17, 15) is 4.79 Å². The van der Waals surface area contributed by atoms with Crippen LogP contribution in [-0.2, 0) is 4.79 Å². The molecule has 130 valence electrons. The fraction of sp³-hybridized carbons (Fsp3) is 0.0526. The first kappa shape index (κ1) is 17.6. The van der Waals surface area contributed by atoms with Gasteiger partial charge in [-0.2, -0.15) is 0 Å². The Kier molecular flexibility index (Phi) is 5.05. The van der Waals surface area contributed by atoms with Crippen molar-refractivity contribution in [3.63, 3.8) is 0 Å². The summed E-state index contributed by atoms with van der Waals surface area (Å²) < 4.78 is 1.05. The normalized spacial score (nSPS) is 11.2. The Labute approximate surface area is 168 Å². The minimum Gasteiger partial charge on any atom is -0.301 e. The average Bonchev–Trinajstić information content (AvgIpc) is 3.05. The third-order valence-electron chi connectivity index (χ3n) is 3.78. The molecule has 0 atom stereocenters. The summed E-state index contributed by atoms with van der Waals surface area (Å²) in [7, 11) is 0. The van der Waals surface area contributed by atoms with Crippen molar-refractivity contribution in [1.29, 1.82) is 0 Å². The molecule has 0 saturated carbocycles. The number of aromatic nitrogens is 1. The van der Waals surface area contributed by atoms with Crippen LogP contribution in [0.3, 0.4) is 0 Å². The van der Waals surface area contributed by atoms with Gasteiger partial charge in [-0.05, 0) is 29.7 Å². The van der Waals surface area contributed by atoms with E-state index in [1.54, 1.807) is 18.2 Å². The lowest BCUT2D eigenvalue weighted by atomic mass is 10.1. The van der Waals surface area contributed by atoms with Crippen LogP contribution < -0.4 is 5.32 Å². The summed E-state index contributed by atoms with van der Waals surface area (Å²) in [5.74, 6) is 0.103. The molecule has 26 heavy (non-hydrogen) atoms. The van der Waals surface area contributed by atoms with Crippen LogP contribution in [-0.4, -0.2) is 16.6 Å². The first-order valence-electron chi connectivity index (χ1n) is 7.76. The molecule has 0 fully saturated rings. The second kappa shape index (κ2) is 7.45. The maximum Gasteiger partial charge on any atom is 0.236 e. The Hall–Kier alpha value is -1.79. The number of fused-ring (bicyclic) bond motifs is 3. The van der Waals surface area contributed by atoms with Gasteiger partial charge in [0.05, 0.1) is 21.0 Å². The standard InChI is InChI=1S/C19H12Cl2N2OS2/c20-12-6-7-14(21)16(9-12)25-10-17(24)22-19-23-18-13-4-2-1-3-11(13)5-8-15(18)26-19/h1-9H,10H2,(H,22,23,24). The Balaban J connectivity index is 1.51. The molecule has 0 aliphatic rings. The molecule has 0 aliphatic heterocycles. The van der Waals surface area contributed by atoms with Gasteiger partial charge in [0.15, 0.2) is 5.13 Å². The van der Waals surface area contributed by atoms with Crippen molar-refractivity contribution in [2.45, 2.75) is 4.90 Å². The molecule has 1 amide bonds. The van der Waals surface area contributed by atoms with E-state index in [-0.39, 0.29) is 11.7 Å². The SMILES string of the molecule is O=C(CSc1cc(Cl)ccc1Cl)Nc1nc2c(ccc3ccccc32)s1. The molecule has 4 aromatic rings. The van der Waals surface area contributed by atoms with Gasteiger partial charge in [0, 0.05) is 15.3 Å². The van der Waals surface area contributed by atoms with Gasteiger partial charge in [-0.3, -0.25) is 4.79 Å². The minimum absolute atomic E-state index is 0.130. The number of thiazole rings is 1. The van der Waals surface area contributed by atoms with Gasteiger partial charge >= 0.3 is 0 Å². The zero-order valence-electron chi connectivity index (χ0n) is 13.3. The van der Waals surface area contributed by atoms with Crippen molar-refractivity contribution in [3.05, 3.63) is 64.6 Å². The van der Waals surface area contributed by atoms with E-state index >= 15 is 0 Å². The molecule has 1 N–H and O–H groups in total. The number of anilines is 1. The van der Waals surface area contributed by atoms with Gasteiger partial charge in [0.25, 0.3) is 0 Å². The zero-order chi connectivity index (χ0) is 18.1. The number of nitrogens with one attached hydrogen (secondary N) is 1. The molecule has 0 bridgehead atoms. The highest BCUT2D eigenvalue weighted by atomic mass is 35.5. The monoisotopic (exact) mass is 418 g/mol. The molecule has 0 unspecified atom stereocenters. The van der Waals surface area contributed by atoms with Gasteiger partial charge in [0.1, 0.15) is 0 Å². The number of thioether (sulfide) groups is 1. The Morgan fingerprint density at radius 1 is 1.12 bits per heavy atom. The number of rotatable bonds is 4. The number of carbonyl (C=O) groups excluding carboxylic acids is 1. The third-order valence-corrected chi connectivity index (χ3v) is 6.45. The maximum atomic E-state index is 12.3. The van der Waals surface area contributed by atoms with Crippen molar-refractivity contribution in [1.82, 2.24) is 4.98 Å². The van der Waals surface area contributed by atoms with Crippen LogP contribution in [0.1, 0.15) is 0 Å². The summed E-state index contributed by atoms with van der Waals surface area (Å²) in [5, 5.41) is 6.86. The quantitative estimate of drug-likeness (QED) is 0.385.